The van der Waals surface area contributed by atoms with Gasteiger partial charge in [0.1, 0.15) is 16.3 Å². The first-order chi connectivity index (χ1) is 10.3. The third kappa shape index (κ3) is 3.73. The molecule has 21 heavy (non-hydrogen) atoms. The van der Waals surface area contributed by atoms with E-state index in [1.54, 1.807) is 18.9 Å². The van der Waals surface area contributed by atoms with Crippen LogP contribution in [0.1, 0.15) is 37.7 Å². The summed E-state index contributed by atoms with van der Waals surface area (Å²) in [6, 6.07) is 6.70. The lowest BCUT2D eigenvalue weighted by atomic mass is 9.96. The van der Waals surface area contributed by atoms with Gasteiger partial charge in [-0.15, -0.1) is 0 Å². The second kappa shape index (κ2) is 7.03. The van der Waals surface area contributed by atoms with E-state index < -0.39 is 0 Å². The Morgan fingerprint density at radius 2 is 2.14 bits per heavy atom. The lowest BCUT2D eigenvalue weighted by Gasteiger charge is -2.25. The number of hydrogen-bond donors (Lipinski definition) is 2. The van der Waals surface area contributed by atoms with Crippen molar-refractivity contribution in [1.82, 2.24) is 10.7 Å². The summed E-state index contributed by atoms with van der Waals surface area (Å²) in [6.45, 7) is 0. The van der Waals surface area contributed by atoms with Crippen LogP contribution in [0.5, 0.6) is 5.75 Å². The average molecular weight is 370 g/mol. The van der Waals surface area contributed by atoms with E-state index in [4.69, 9.17) is 4.74 Å². The van der Waals surface area contributed by atoms with Gasteiger partial charge in [-0.2, -0.15) is 5.10 Å². The highest BCUT2D eigenvalue weighted by Gasteiger charge is 2.24. The molecule has 114 valence electrons. The summed E-state index contributed by atoms with van der Waals surface area (Å²) in [7, 11) is 1.68. The summed E-state index contributed by atoms with van der Waals surface area (Å²) in [5.41, 5.74) is 4.45. The molecule has 1 unspecified atom stereocenters. The summed E-state index contributed by atoms with van der Waals surface area (Å²) < 4.78 is 6.31. The van der Waals surface area contributed by atoms with Gasteiger partial charge in [-0.3, -0.25) is 10.7 Å². The predicted molar refractivity (Wildman–Crippen MR) is 91.8 cm³/mol. The van der Waals surface area contributed by atoms with Crippen molar-refractivity contribution >= 4 is 32.7 Å². The molecular weight excluding hydrogens is 350 g/mol. The molecular formula is C15H20BrN3OS. The number of nitrogens with zero attached hydrogens (tertiary/aromatic N) is 1. The van der Waals surface area contributed by atoms with Crippen LogP contribution < -0.4 is 15.5 Å². The summed E-state index contributed by atoms with van der Waals surface area (Å²) >= 11 is 5.22. The van der Waals surface area contributed by atoms with Crippen LogP contribution in [0.2, 0.25) is 0 Å². The molecule has 0 amide bonds. The molecule has 1 atom stereocenters. The summed E-state index contributed by atoms with van der Waals surface area (Å²) in [6.07, 6.45) is 6.61. The lowest BCUT2D eigenvalue weighted by molar-refractivity contribution is 0.355. The van der Waals surface area contributed by atoms with E-state index in [0.29, 0.717) is 6.04 Å². The van der Waals surface area contributed by atoms with E-state index >= 15 is 0 Å². The Labute approximate surface area is 138 Å². The maximum Gasteiger partial charge on any atom is 0.147 e. The summed E-state index contributed by atoms with van der Waals surface area (Å²) in [5, 5.41) is 9.12. The lowest BCUT2D eigenvalue weighted by Crippen LogP contribution is -2.42. The first kappa shape index (κ1) is 15.2. The van der Waals surface area contributed by atoms with Gasteiger partial charge in [0.15, 0.2) is 0 Å². The number of methoxy groups -OCH3 is 1. The summed E-state index contributed by atoms with van der Waals surface area (Å²) in [5.74, 6) is 0.833. The third-order valence-corrected chi connectivity index (χ3v) is 5.59. The van der Waals surface area contributed by atoms with Gasteiger partial charge in [-0.25, -0.2) is 0 Å². The Morgan fingerprint density at radius 3 is 2.90 bits per heavy atom. The molecule has 4 nitrogen and oxygen atoms in total. The minimum atomic E-state index is 0.178. The molecule has 1 aliphatic heterocycles. The quantitative estimate of drug-likeness (QED) is 0.849. The van der Waals surface area contributed by atoms with E-state index in [1.807, 2.05) is 12.1 Å². The van der Waals surface area contributed by atoms with Crippen LogP contribution in [0.4, 0.5) is 0 Å². The molecule has 1 aliphatic carbocycles. The first-order valence-corrected chi connectivity index (χ1v) is 9.03. The molecule has 2 aliphatic rings. The van der Waals surface area contributed by atoms with Crippen LogP contribution in [0, 0.1) is 0 Å². The zero-order valence-electron chi connectivity index (χ0n) is 12.1. The van der Waals surface area contributed by atoms with Gasteiger partial charge in [0, 0.05) is 11.6 Å². The molecule has 0 bridgehead atoms. The Balaban J connectivity index is 1.60. The fourth-order valence-electron chi connectivity index (χ4n) is 2.76. The Bertz CT molecular complexity index is 532. The molecule has 0 radical (unpaired) electrons. The molecule has 0 saturated heterocycles. The average Bonchev–Trinajstić information content (AvgIpc) is 2.97. The fourth-order valence-corrected chi connectivity index (χ4v) is 4.13. The molecule has 1 aromatic carbocycles. The molecule has 0 spiro atoms. The first-order valence-electron chi connectivity index (χ1n) is 7.36. The van der Waals surface area contributed by atoms with Crippen molar-refractivity contribution in [3.8, 4) is 5.75 Å². The zero-order valence-corrected chi connectivity index (χ0v) is 14.5. The van der Waals surface area contributed by atoms with Gasteiger partial charge in [0.2, 0.25) is 0 Å². The number of hydrogen-bond acceptors (Lipinski definition) is 5. The highest BCUT2D eigenvalue weighted by Crippen LogP contribution is 2.30. The number of halogens is 1. The van der Waals surface area contributed by atoms with Crippen molar-refractivity contribution in [1.29, 1.82) is 0 Å². The Hall–Kier alpha value is -0.720. The minimum absolute atomic E-state index is 0.178. The van der Waals surface area contributed by atoms with Gasteiger partial charge in [-0.05, 0) is 40.9 Å². The number of nitrogens with one attached hydrogen (secondary N) is 2. The maximum absolute atomic E-state index is 5.35. The van der Waals surface area contributed by atoms with E-state index in [2.05, 4.69) is 37.8 Å². The SMILES string of the molecule is COc1cc(C2=NNC(NC3CCCCC3)S2)ccc1Br. The zero-order chi connectivity index (χ0) is 14.7. The highest BCUT2D eigenvalue weighted by atomic mass is 79.9. The van der Waals surface area contributed by atoms with E-state index in [0.717, 1.165) is 20.8 Å². The predicted octanol–water partition coefficient (Wildman–Crippen LogP) is 3.66. The van der Waals surface area contributed by atoms with Crippen LogP contribution in [-0.4, -0.2) is 23.7 Å². The van der Waals surface area contributed by atoms with Crippen molar-refractivity contribution in [2.45, 2.75) is 43.6 Å². The molecule has 1 aromatic rings. The minimum Gasteiger partial charge on any atom is -0.496 e. The molecule has 6 heteroatoms. The molecule has 3 rings (SSSR count). The molecule has 0 aromatic heterocycles. The highest BCUT2D eigenvalue weighted by molar-refractivity contribution is 9.10. The monoisotopic (exact) mass is 369 g/mol. The van der Waals surface area contributed by atoms with E-state index in [9.17, 15) is 0 Å². The number of hydrazone groups is 1. The van der Waals surface area contributed by atoms with E-state index in [-0.39, 0.29) is 5.50 Å². The van der Waals surface area contributed by atoms with Crippen molar-refractivity contribution < 1.29 is 4.74 Å². The van der Waals surface area contributed by atoms with Gasteiger partial charge < -0.3 is 4.74 Å². The number of benzene rings is 1. The van der Waals surface area contributed by atoms with Crippen LogP contribution in [0.15, 0.2) is 27.8 Å². The van der Waals surface area contributed by atoms with Gasteiger partial charge in [0.25, 0.3) is 0 Å². The molecule has 2 N–H and O–H groups in total. The van der Waals surface area contributed by atoms with Crippen LogP contribution in [-0.2, 0) is 0 Å². The second-order valence-electron chi connectivity index (χ2n) is 5.39. The van der Waals surface area contributed by atoms with Gasteiger partial charge in [-0.1, -0.05) is 37.1 Å². The molecule has 1 heterocycles. The van der Waals surface area contributed by atoms with Gasteiger partial charge >= 0.3 is 0 Å². The van der Waals surface area contributed by atoms with Crippen molar-refractivity contribution in [3.05, 3.63) is 28.2 Å². The smallest absolute Gasteiger partial charge is 0.147 e. The number of ether oxygens (including phenoxy) is 1. The normalized spacial score (nSPS) is 22.8. The molecule has 1 saturated carbocycles. The number of rotatable bonds is 4. The third-order valence-electron chi connectivity index (χ3n) is 3.90. The fraction of sp³-hybridized carbons (Fsp3) is 0.533. The maximum atomic E-state index is 5.35. The van der Waals surface area contributed by atoms with E-state index in [1.165, 1.54) is 32.1 Å². The van der Waals surface area contributed by atoms with Gasteiger partial charge in [0.05, 0.1) is 11.6 Å². The van der Waals surface area contributed by atoms with Crippen molar-refractivity contribution in [2.75, 3.05) is 7.11 Å². The standard InChI is InChI=1S/C15H20BrN3OS/c1-20-13-9-10(7-8-12(13)16)14-18-19-15(21-14)17-11-5-3-2-4-6-11/h7-9,11,15,17,19H,2-6H2,1H3. The Morgan fingerprint density at radius 1 is 1.33 bits per heavy atom. The van der Waals surface area contributed by atoms with Crippen LogP contribution in [0.3, 0.4) is 0 Å². The number of thioether (sulfide) groups is 1. The van der Waals surface area contributed by atoms with Crippen molar-refractivity contribution in [3.63, 3.8) is 0 Å². The Kier molecular flexibility index (Phi) is 5.08. The topological polar surface area (TPSA) is 45.6 Å². The summed E-state index contributed by atoms with van der Waals surface area (Å²) in [4.78, 5) is 0. The largest absolute Gasteiger partial charge is 0.496 e. The second-order valence-corrected chi connectivity index (χ2v) is 7.34. The van der Waals surface area contributed by atoms with Crippen LogP contribution >= 0.6 is 27.7 Å². The van der Waals surface area contributed by atoms with Crippen molar-refractivity contribution in [2.24, 2.45) is 5.10 Å². The van der Waals surface area contributed by atoms with Crippen LogP contribution in [0.25, 0.3) is 0 Å². The molecule has 1 fully saturated rings.